The number of ether oxygens (including phenoxy) is 1. The lowest BCUT2D eigenvalue weighted by Crippen LogP contribution is -2.51. The van der Waals surface area contributed by atoms with E-state index < -0.39 is 10.0 Å². The summed E-state index contributed by atoms with van der Waals surface area (Å²) in [4.78, 5) is 0. The molecule has 0 radical (unpaired) electrons. The Morgan fingerprint density at radius 1 is 1.26 bits per heavy atom. The Morgan fingerprint density at radius 2 is 2.00 bits per heavy atom. The van der Waals surface area contributed by atoms with Gasteiger partial charge in [-0.2, -0.15) is 4.31 Å². The molecule has 0 aromatic rings. The molecule has 1 saturated heterocycles. The van der Waals surface area contributed by atoms with Crippen LogP contribution in [0.2, 0.25) is 0 Å². The maximum atomic E-state index is 12.2. The first-order valence-corrected chi connectivity index (χ1v) is 8.81. The van der Waals surface area contributed by atoms with Crippen molar-refractivity contribution < 1.29 is 13.2 Å². The molecule has 0 saturated carbocycles. The smallest absolute Gasteiger partial charge is 0.214 e. The zero-order chi connectivity index (χ0) is 14.4. The third-order valence-electron chi connectivity index (χ3n) is 3.22. The highest BCUT2D eigenvalue weighted by Crippen LogP contribution is 2.19. The van der Waals surface area contributed by atoms with Gasteiger partial charge in [-0.25, -0.2) is 8.42 Å². The van der Waals surface area contributed by atoms with Crippen molar-refractivity contribution in [3.05, 3.63) is 0 Å². The number of unbranched alkanes of at least 4 members (excludes halogenated alkanes) is 1. The molecule has 1 aliphatic rings. The van der Waals surface area contributed by atoms with Gasteiger partial charge in [0.25, 0.3) is 0 Å². The van der Waals surface area contributed by atoms with Gasteiger partial charge in [0, 0.05) is 13.1 Å². The average molecular weight is 292 g/mol. The highest BCUT2D eigenvalue weighted by molar-refractivity contribution is 7.89. The number of sulfonamides is 1. The van der Waals surface area contributed by atoms with Gasteiger partial charge in [-0.05, 0) is 46.2 Å². The van der Waals surface area contributed by atoms with Crippen molar-refractivity contribution in [1.82, 2.24) is 9.62 Å². The Kier molecular flexibility index (Phi) is 6.73. The maximum Gasteiger partial charge on any atom is 0.214 e. The molecule has 1 rings (SSSR count). The summed E-state index contributed by atoms with van der Waals surface area (Å²) in [5.74, 6) is 0.247. The van der Waals surface area contributed by atoms with Gasteiger partial charge in [-0.3, -0.25) is 0 Å². The monoisotopic (exact) mass is 292 g/mol. The number of nitrogens with zero attached hydrogens (tertiary/aromatic N) is 1. The molecule has 0 amide bonds. The van der Waals surface area contributed by atoms with E-state index in [4.69, 9.17) is 4.74 Å². The second kappa shape index (κ2) is 7.57. The number of hydrogen-bond donors (Lipinski definition) is 1. The van der Waals surface area contributed by atoms with Crippen molar-refractivity contribution in [3.63, 3.8) is 0 Å². The summed E-state index contributed by atoms with van der Waals surface area (Å²) < 4.78 is 31.5. The van der Waals surface area contributed by atoms with E-state index in [9.17, 15) is 8.42 Å². The molecular formula is C13H28N2O3S. The van der Waals surface area contributed by atoms with E-state index in [-0.39, 0.29) is 11.4 Å². The SMILES string of the molecule is CCCNCCCCS(=O)(=O)N1CCOC(C)(C)C1. The minimum atomic E-state index is -3.12. The minimum absolute atomic E-state index is 0.247. The summed E-state index contributed by atoms with van der Waals surface area (Å²) in [5, 5.41) is 3.29. The molecule has 0 spiro atoms. The second-order valence-corrected chi connectivity index (χ2v) is 7.80. The van der Waals surface area contributed by atoms with Crippen LogP contribution in [-0.4, -0.2) is 56.9 Å². The van der Waals surface area contributed by atoms with E-state index >= 15 is 0 Å². The molecule has 0 unspecified atom stereocenters. The van der Waals surface area contributed by atoms with E-state index in [1.54, 1.807) is 4.31 Å². The fraction of sp³-hybridized carbons (Fsp3) is 1.00. The normalized spacial score (nSPS) is 20.6. The van der Waals surface area contributed by atoms with Crippen LogP contribution in [0.5, 0.6) is 0 Å². The van der Waals surface area contributed by atoms with Gasteiger partial charge in [-0.1, -0.05) is 6.92 Å². The predicted octanol–water partition coefficient (Wildman–Crippen LogP) is 1.21. The summed E-state index contributed by atoms with van der Waals surface area (Å²) in [6.07, 6.45) is 2.74. The quantitative estimate of drug-likeness (QED) is 0.683. The number of rotatable bonds is 8. The molecule has 5 nitrogen and oxygen atoms in total. The lowest BCUT2D eigenvalue weighted by Gasteiger charge is -2.37. The number of nitrogens with one attached hydrogen (secondary N) is 1. The summed E-state index contributed by atoms with van der Waals surface area (Å²) in [6.45, 7) is 9.33. The lowest BCUT2D eigenvalue weighted by atomic mass is 10.1. The van der Waals surface area contributed by atoms with Crippen LogP contribution in [0.4, 0.5) is 0 Å². The van der Waals surface area contributed by atoms with Crippen molar-refractivity contribution in [2.45, 2.75) is 45.6 Å². The van der Waals surface area contributed by atoms with Gasteiger partial charge < -0.3 is 10.1 Å². The molecule has 1 fully saturated rings. The van der Waals surface area contributed by atoms with Gasteiger partial charge in [0.05, 0.1) is 18.0 Å². The fourth-order valence-electron chi connectivity index (χ4n) is 2.18. The largest absolute Gasteiger partial charge is 0.373 e. The molecule has 0 aliphatic carbocycles. The minimum Gasteiger partial charge on any atom is -0.373 e. The summed E-state index contributed by atoms with van der Waals surface area (Å²) in [5.41, 5.74) is -0.367. The fourth-order valence-corrected chi connectivity index (χ4v) is 3.86. The molecule has 1 aliphatic heterocycles. The lowest BCUT2D eigenvalue weighted by molar-refractivity contribution is -0.0640. The topological polar surface area (TPSA) is 58.6 Å². The van der Waals surface area contributed by atoms with Crippen molar-refractivity contribution in [3.8, 4) is 0 Å². The second-order valence-electron chi connectivity index (χ2n) is 5.71. The van der Waals surface area contributed by atoms with Crippen LogP contribution in [-0.2, 0) is 14.8 Å². The van der Waals surface area contributed by atoms with Crippen LogP contribution < -0.4 is 5.32 Å². The summed E-state index contributed by atoms with van der Waals surface area (Å²) in [6, 6.07) is 0. The Bertz CT molecular complexity index is 355. The standard InChI is InChI=1S/C13H28N2O3S/c1-4-7-14-8-5-6-11-19(16,17)15-9-10-18-13(2,3)12-15/h14H,4-12H2,1-3H3. The number of hydrogen-bond acceptors (Lipinski definition) is 4. The van der Waals surface area contributed by atoms with Gasteiger partial charge in [0.15, 0.2) is 0 Å². The molecule has 114 valence electrons. The summed E-state index contributed by atoms with van der Waals surface area (Å²) in [7, 11) is -3.12. The summed E-state index contributed by atoms with van der Waals surface area (Å²) >= 11 is 0. The van der Waals surface area contributed by atoms with Crippen molar-refractivity contribution >= 4 is 10.0 Å². The zero-order valence-corrected chi connectivity index (χ0v) is 13.3. The average Bonchev–Trinajstić information content (AvgIpc) is 2.32. The van der Waals surface area contributed by atoms with Crippen molar-refractivity contribution in [2.24, 2.45) is 0 Å². The Labute approximate surface area is 117 Å². The molecule has 0 aromatic heterocycles. The zero-order valence-electron chi connectivity index (χ0n) is 12.4. The van der Waals surface area contributed by atoms with E-state index in [1.807, 2.05) is 13.8 Å². The van der Waals surface area contributed by atoms with Crippen LogP contribution in [0.15, 0.2) is 0 Å². The molecule has 0 aromatic carbocycles. The first-order chi connectivity index (χ1) is 8.87. The van der Waals surface area contributed by atoms with E-state index in [2.05, 4.69) is 12.2 Å². The van der Waals surface area contributed by atoms with Gasteiger partial charge in [0.2, 0.25) is 10.0 Å². The first-order valence-electron chi connectivity index (χ1n) is 7.20. The van der Waals surface area contributed by atoms with Gasteiger partial charge in [0.1, 0.15) is 0 Å². The van der Waals surface area contributed by atoms with Crippen LogP contribution >= 0.6 is 0 Å². The molecule has 1 heterocycles. The Hall–Kier alpha value is -0.170. The van der Waals surface area contributed by atoms with Crippen LogP contribution in [0.25, 0.3) is 0 Å². The first kappa shape index (κ1) is 16.9. The highest BCUT2D eigenvalue weighted by atomic mass is 32.2. The van der Waals surface area contributed by atoms with Gasteiger partial charge in [-0.15, -0.1) is 0 Å². The van der Waals surface area contributed by atoms with Crippen molar-refractivity contribution in [1.29, 1.82) is 0 Å². The molecule has 1 N–H and O–H groups in total. The van der Waals surface area contributed by atoms with Crippen molar-refractivity contribution in [2.75, 3.05) is 38.5 Å². The highest BCUT2D eigenvalue weighted by Gasteiger charge is 2.33. The third-order valence-corrected chi connectivity index (χ3v) is 5.12. The molecule has 0 bridgehead atoms. The maximum absolute atomic E-state index is 12.2. The van der Waals surface area contributed by atoms with E-state index in [0.29, 0.717) is 19.7 Å². The number of morpholine rings is 1. The molecular weight excluding hydrogens is 264 g/mol. The molecule has 0 atom stereocenters. The van der Waals surface area contributed by atoms with Crippen LogP contribution in [0, 0.1) is 0 Å². The Morgan fingerprint density at radius 3 is 2.63 bits per heavy atom. The van der Waals surface area contributed by atoms with E-state index in [1.165, 1.54) is 0 Å². The molecule has 6 heteroatoms. The van der Waals surface area contributed by atoms with E-state index in [0.717, 1.165) is 32.4 Å². The predicted molar refractivity (Wildman–Crippen MR) is 77.8 cm³/mol. The van der Waals surface area contributed by atoms with Crippen LogP contribution in [0.3, 0.4) is 0 Å². The van der Waals surface area contributed by atoms with Gasteiger partial charge >= 0.3 is 0 Å². The van der Waals surface area contributed by atoms with Crippen LogP contribution in [0.1, 0.15) is 40.0 Å². The molecule has 19 heavy (non-hydrogen) atoms. The Balaban J connectivity index is 2.31. The third kappa shape index (κ3) is 6.21.